The van der Waals surface area contributed by atoms with Crippen molar-refractivity contribution >= 4 is 19.3 Å². The van der Waals surface area contributed by atoms with Gasteiger partial charge in [0, 0.05) is 12.8 Å². The molecule has 0 bridgehead atoms. The van der Waals surface area contributed by atoms with Crippen molar-refractivity contribution in [3.8, 4) is 0 Å². The molecule has 6 nitrogen and oxygen atoms in total. The predicted octanol–water partition coefficient (Wildman–Crippen LogP) is 7.33. The fourth-order valence-corrected chi connectivity index (χ4v) is 6.05. The molecule has 0 aromatic rings. The second-order valence-corrected chi connectivity index (χ2v) is 10.9. The Morgan fingerprint density at radius 3 is 1.41 bits per heavy atom. The van der Waals surface area contributed by atoms with Crippen LogP contribution in [0.4, 0.5) is 0 Å². The second kappa shape index (κ2) is 20.9. The molecule has 0 saturated carbocycles. The Kier molecular flexibility index (Phi) is 20.4. The first-order valence-corrected chi connectivity index (χ1v) is 14.7. The van der Waals surface area contributed by atoms with Crippen LogP contribution in [0.1, 0.15) is 130 Å². The Labute approximate surface area is 197 Å². The van der Waals surface area contributed by atoms with Crippen molar-refractivity contribution in [2.75, 3.05) is 13.2 Å². The number of rotatable bonds is 24. The monoisotopic (exact) mass is 475 g/mol. The summed E-state index contributed by atoms with van der Waals surface area (Å²) in [5.74, 6) is -0.914. The molecule has 0 aromatic heterocycles. The largest absolute Gasteiger partial charge is 0.370 e. The molecule has 0 aliphatic heterocycles. The maximum absolute atomic E-state index is 13.0. The maximum atomic E-state index is 13.0. The Balaban J connectivity index is 3.95. The lowest BCUT2D eigenvalue weighted by Crippen LogP contribution is -2.29. The molecule has 190 valence electrons. The number of ketones is 1. The lowest BCUT2D eigenvalue weighted by Gasteiger charge is -2.24. The number of nitrogens with two attached hydrogens (primary N) is 1. The summed E-state index contributed by atoms with van der Waals surface area (Å²) in [6.45, 7) is 5.93. The fourth-order valence-electron chi connectivity index (χ4n) is 4.01. The SMILES string of the molecule is CCCCCCCCCCCCCCCCCC(=O)C(CC(N)=O)P(=O)(OCC)OCC. The number of hydrogen-bond donors (Lipinski definition) is 1. The molecule has 1 atom stereocenters. The Bertz CT molecular complexity index is 516. The number of primary amides is 1. The number of unbranched alkanes of at least 4 members (excludes halogenated alkanes) is 14. The zero-order chi connectivity index (χ0) is 24.1. The van der Waals surface area contributed by atoms with Crippen molar-refractivity contribution in [1.29, 1.82) is 0 Å². The first-order chi connectivity index (χ1) is 15.4. The van der Waals surface area contributed by atoms with Gasteiger partial charge >= 0.3 is 7.60 Å². The molecule has 0 radical (unpaired) electrons. The molecule has 0 rings (SSSR count). The standard InChI is InChI=1S/C25H50NO5P/c1-4-7-8-9-10-11-12-13-14-15-16-17-18-19-20-21-23(27)24(22-25(26)28)32(29,30-5-2)31-6-3/h24H,4-22H2,1-3H3,(H2,26,28). The summed E-state index contributed by atoms with van der Waals surface area (Å²) in [5, 5.41) is 0. The zero-order valence-electron chi connectivity index (χ0n) is 21.1. The van der Waals surface area contributed by atoms with Gasteiger partial charge in [0.2, 0.25) is 5.91 Å². The number of Topliss-reactive ketones (excluding diaryl/α,β-unsaturated/α-hetero) is 1. The number of carbonyl (C=O) groups is 2. The predicted molar refractivity (Wildman–Crippen MR) is 133 cm³/mol. The van der Waals surface area contributed by atoms with E-state index in [0.717, 1.165) is 19.3 Å². The van der Waals surface area contributed by atoms with Crippen molar-refractivity contribution in [2.24, 2.45) is 5.73 Å². The van der Waals surface area contributed by atoms with E-state index in [0.29, 0.717) is 0 Å². The third-order valence-corrected chi connectivity index (χ3v) is 8.26. The van der Waals surface area contributed by atoms with E-state index in [2.05, 4.69) is 6.92 Å². The van der Waals surface area contributed by atoms with Crippen LogP contribution in [-0.2, 0) is 23.2 Å². The van der Waals surface area contributed by atoms with Crippen molar-refractivity contribution in [3.05, 3.63) is 0 Å². The highest BCUT2D eigenvalue weighted by molar-refractivity contribution is 7.55. The van der Waals surface area contributed by atoms with Crippen LogP contribution in [-0.4, -0.2) is 30.6 Å². The highest BCUT2D eigenvalue weighted by atomic mass is 31.2. The van der Waals surface area contributed by atoms with E-state index < -0.39 is 19.2 Å². The molecule has 0 aliphatic rings. The van der Waals surface area contributed by atoms with Gasteiger partial charge in [0.1, 0.15) is 11.4 Å². The van der Waals surface area contributed by atoms with Crippen molar-refractivity contribution in [3.63, 3.8) is 0 Å². The molecular weight excluding hydrogens is 425 g/mol. The minimum atomic E-state index is -3.68. The summed E-state index contributed by atoms with van der Waals surface area (Å²) in [6, 6.07) is 0. The first kappa shape index (κ1) is 31.3. The Hall–Kier alpha value is -0.710. The van der Waals surface area contributed by atoms with E-state index in [1.807, 2.05) is 0 Å². The molecule has 1 unspecified atom stereocenters. The van der Waals surface area contributed by atoms with Gasteiger partial charge < -0.3 is 14.8 Å². The first-order valence-electron chi connectivity index (χ1n) is 13.1. The smallest absolute Gasteiger partial charge is 0.341 e. The van der Waals surface area contributed by atoms with E-state index in [1.54, 1.807) is 13.8 Å². The van der Waals surface area contributed by atoms with E-state index in [-0.39, 0.29) is 31.8 Å². The van der Waals surface area contributed by atoms with Gasteiger partial charge in [-0.2, -0.15) is 0 Å². The van der Waals surface area contributed by atoms with Crippen molar-refractivity contribution in [1.82, 2.24) is 0 Å². The van der Waals surface area contributed by atoms with Gasteiger partial charge in [-0.25, -0.2) is 0 Å². The molecule has 0 heterocycles. The van der Waals surface area contributed by atoms with Gasteiger partial charge in [-0.15, -0.1) is 0 Å². The Morgan fingerprint density at radius 1 is 0.688 bits per heavy atom. The zero-order valence-corrected chi connectivity index (χ0v) is 22.0. The van der Waals surface area contributed by atoms with Crippen LogP contribution in [0, 0.1) is 0 Å². The minimum Gasteiger partial charge on any atom is -0.370 e. The molecule has 0 fully saturated rings. The normalized spacial score (nSPS) is 12.7. The van der Waals surface area contributed by atoms with Crippen LogP contribution in [0.5, 0.6) is 0 Å². The molecule has 0 saturated heterocycles. The van der Waals surface area contributed by atoms with Crippen LogP contribution in [0.3, 0.4) is 0 Å². The lowest BCUT2D eigenvalue weighted by molar-refractivity contribution is -0.123. The number of carbonyl (C=O) groups excluding carboxylic acids is 2. The highest BCUT2D eigenvalue weighted by Crippen LogP contribution is 2.54. The van der Waals surface area contributed by atoms with E-state index >= 15 is 0 Å². The summed E-state index contributed by atoms with van der Waals surface area (Å²) < 4.78 is 23.6. The van der Waals surface area contributed by atoms with Gasteiger partial charge in [-0.1, -0.05) is 96.8 Å². The lowest BCUT2D eigenvalue weighted by atomic mass is 10.0. The molecular formula is C25H50NO5P. The number of amides is 1. The molecule has 0 aromatic carbocycles. The molecule has 7 heteroatoms. The number of hydrogen-bond acceptors (Lipinski definition) is 5. The van der Waals surface area contributed by atoms with Gasteiger partial charge in [-0.3, -0.25) is 14.2 Å². The molecule has 0 spiro atoms. The van der Waals surface area contributed by atoms with Crippen LogP contribution in [0.25, 0.3) is 0 Å². The minimum absolute atomic E-state index is 0.152. The topological polar surface area (TPSA) is 95.7 Å². The summed E-state index contributed by atoms with van der Waals surface area (Å²) in [7, 11) is -3.68. The van der Waals surface area contributed by atoms with Crippen LogP contribution >= 0.6 is 7.60 Å². The summed E-state index contributed by atoms with van der Waals surface area (Å²) in [4.78, 5) is 24.1. The van der Waals surface area contributed by atoms with E-state index in [1.165, 1.54) is 77.0 Å². The van der Waals surface area contributed by atoms with E-state index in [9.17, 15) is 14.2 Å². The third-order valence-electron chi connectivity index (χ3n) is 5.79. The van der Waals surface area contributed by atoms with Crippen LogP contribution < -0.4 is 5.73 Å². The van der Waals surface area contributed by atoms with Crippen molar-refractivity contribution in [2.45, 2.75) is 136 Å². The summed E-state index contributed by atoms with van der Waals surface area (Å²) in [5.41, 5.74) is 4.19. The molecule has 2 N–H and O–H groups in total. The molecule has 0 aliphatic carbocycles. The third kappa shape index (κ3) is 16.0. The molecule has 1 amide bonds. The summed E-state index contributed by atoms with van der Waals surface area (Å²) >= 11 is 0. The average molecular weight is 476 g/mol. The molecule has 32 heavy (non-hydrogen) atoms. The average Bonchev–Trinajstić information content (AvgIpc) is 2.74. The second-order valence-electron chi connectivity index (χ2n) is 8.73. The van der Waals surface area contributed by atoms with Crippen molar-refractivity contribution < 1.29 is 23.2 Å². The van der Waals surface area contributed by atoms with Crippen LogP contribution in [0.15, 0.2) is 0 Å². The quantitative estimate of drug-likeness (QED) is 0.116. The van der Waals surface area contributed by atoms with E-state index in [4.69, 9.17) is 14.8 Å². The van der Waals surface area contributed by atoms with Crippen LogP contribution in [0.2, 0.25) is 0 Å². The van der Waals surface area contributed by atoms with Gasteiger partial charge in [0.15, 0.2) is 0 Å². The fraction of sp³-hybridized carbons (Fsp3) is 0.920. The van der Waals surface area contributed by atoms with Gasteiger partial charge in [0.25, 0.3) is 0 Å². The van der Waals surface area contributed by atoms with Gasteiger partial charge in [-0.05, 0) is 20.3 Å². The summed E-state index contributed by atoms with van der Waals surface area (Å²) in [6.07, 6.45) is 18.8. The van der Waals surface area contributed by atoms with Gasteiger partial charge in [0.05, 0.1) is 13.2 Å². The maximum Gasteiger partial charge on any atom is 0.341 e. The Morgan fingerprint density at radius 2 is 1.06 bits per heavy atom. The highest BCUT2D eigenvalue weighted by Gasteiger charge is 2.41.